The summed E-state index contributed by atoms with van der Waals surface area (Å²) >= 11 is 6.31. The number of fused-ring (bicyclic) bond motifs is 1. The molecular formula is C25H24ClN5O3. The number of benzene rings is 2. The smallest absolute Gasteiger partial charge is 0.253 e. The second-order valence-electron chi connectivity index (χ2n) is 8.19. The number of amides is 1. The number of piperidine rings is 1. The highest BCUT2D eigenvalue weighted by molar-refractivity contribution is 6.32. The summed E-state index contributed by atoms with van der Waals surface area (Å²) in [5.74, 6) is 1.19. The molecule has 0 atom stereocenters. The lowest BCUT2D eigenvalue weighted by atomic mass is 10.1. The second-order valence-corrected chi connectivity index (χ2v) is 8.60. The molecule has 34 heavy (non-hydrogen) atoms. The molecule has 0 unspecified atom stereocenters. The molecule has 0 saturated carbocycles. The number of imidazole rings is 1. The number of nitrogens with one attached hydrogen (secondary N) is 1. The van der Waals surface area contributed by atoms with E-state index in [4.69, 9.17) is 16.3 Å². The summed E-state index contributed by atoms with van der Waals surface area (Å²) < 4.78 is 7.18. The van der Waals surface area contributed by atoms with Crippen molar-refractivity contribution in [1.29, 1.82) is 0 Å². The first-order valence-electron chi connectivity index (χ1n) is 11.0. The molecule has 3 heterocycles. The number of rotatable bonds is 5. The molecule has 1 aliphatic rings. The summed E-state index contributed by atoms with van der Waals surface area (Å²) in [4.78, 5) is 23.5. The molecule has 2 aromatic carbocycles. The topological polar surface area (TPSA) is 92.0 Å². The summed E-state index contributed by atoms with van der Waals surface area (Å²) in [6.45, 7) is 1.15. The van der Waals surface area contributed by atoms with Crippen LogP contribution in [0.15, 0.2) is 61.1 Å². The molecule has 1 aliphatic heterocycles. The zero-order valence-electron chi connectivity index (χ0n) is 18.6. The number of carbonyl (C=O) groups is 1. The van der Waals surface area contributed by atoms with Crippen LogP contribution in [0, 0.1) is 0 Å². The van der Waals surface area contributed by atoms with Gasteiger partial charge in [-0.3, -0.25) is 9.20 Å². The van der Waals surface area contributed by atoms with Crippen molar-refractivity contribution in [3.05, 3.63) is 71.6 Å². The van der Waals surface area contributed by atoms with Crippen LogP contribution in [0.5, 0.6) is 5.75 Å². The number of halogens is 1. The van der Waals surface area contributed by atoms with Crippen molar-refractivity contribution in [3.63, 3.8) is 0 Å². The van der Waals surface area contributed by atoms with E-state index in [1.807, 2.05) is 40.9 Å². The van der Waals surface area contributed by atoms with Crippen LogP contribution in [-0.4, -0.2) is 56.6 Å². The largest absolute Gasteiger partial charge is 0.495 e. The van der Waals surface area contributed by atoms with Gasteiger partial charge in [0, 0.05) is 42.3 Å². The number of hydrogen-bond acceptors (Lipinski definition) is 6. The van der Waals surface area contributed by atoms with Crippen molar-refractivity contribution < 1.29 is 14.6 Å². The van der Waals surface area contributed by atoms with Gasteiger partial charge in [-0.2, -0.15) is 0 Å². The molecule has 9 heteroatoms. The Labute approximate surface area is 201 Å². The van der Waals surface area contributed by atoms with Crippen LogP contribution in [0.25, 0.3) is 16.9 Å². The number of carbonyl (C=O) groups excluding carboxylic acids is 1. The fourth-order valence-corrected chi connectivity index (χ4v) is 4.39. The monoisotopic (exact) mass is 477 g/mol. The Bertz CT molecular complexity index is 1330. The molecule has 2 aromatic heterocycles. The predicted octanol–water partition coefficient (Wildman–Crippen LogP) is 4.40. The van der Waals surface area contributed by atoms with Gasteiger partial charge in [-0.15, -0.1) is 0 Å². The van der Waals surface area contributed by atoms with E-state index in [2.05, 4.69) is 15.3 Å². The van der Waals surface area contributed by atoms with Crippen molar-refractivity contribution in [2.45, 2.75) is 18.9 Å². The van der Waals surface area contributed by atoms with Gasteiger partial charge in [0.25, 0.3) is 5.91 Å². The van der Waals surface area contributed by atoms with E-state index in [0.717, 1.165) is 16.9 Å². The lowest BCUT2D eigenvalue weighted by Gasteiger charge is -2.29. The number of nitrogens with zero attached hydrogens (tertiary/aromatic N) is 4. The van der Waals surface area contributed by atoms with Crippen LogP contribution in [0.2, 0.25) is 5.02 Å². The molecule has 0 aliphatic carbocycles. The van der Waals surface area contributed by atoms with Crippen LogP contribution in [0.4, 0.5) is 11.5 Å². The maximum absolute atomic E-state index is 12.7. The maximum atomic E-state index is 12.7. The Morgan fingerprint density at radius 1 is 1.15 bits per heavy atom. The summed E-state index contributed by atoms with van der Waals surface area (Å²) in [5, 5.41) is 13.5. The quantitative estimate of drug-likeness (QED) is 0.442. The zero-order chi connectivity index (χ0) is 23.7. The van der Waals surface area contributed by atoms with Crippen molar-refractivity contribution >= 4 is 34.7 Å². The third kappa shape index (κ3) is 4.30. The number of methoxy groups -OCH3 is 1. The second kappa shape index (κ2) is 9.32. The van der Waals surface area contributed by atoms with E-state index in [1.165, 1.54) is 0 Å². The Morgan fingerprint density at radius 2 is 1.91 bits per heavy atom. The van der Waals surface area contributed by atoms with Gasteiger partial charge in [-0.1, -0.05) is 11.6 Å². The number of aromatic nitrogens is 3. The molecule has 1 amide bonds. The average Bonchev–Trinajstić information content (AvgIpc) is 3.30. The SMILES string of the molecule is COc1ccc(-c2cnc3c(Nc4ccc(C(=O)N5CCC(O)CC5)cc4)nccn23)cc1Cl. The third-order valence-electron chi connectivity index (χ3n) is 6.02. The van der Waals surface area contributed by atoms with Gasteiger partial charge in [0.05, 0.1) is 30.1 Å². The fraction of sp³-hybridized carbons (Fsp3) is 0.240. The molecule has 1 saturated heterocycles. The lowest BCUT2D eigenvalue weighted by Crippen LogP contribution is -2.40. The summed E-state index contributed by atoms with van der Waals surface area (Å²) in [6.07, 6.45) is 6.26. The first-order valence-corrected chi connectivity index (χ1v) is 11.4. The van der Waals surface area contributed by atoms with Gasteiger partial charge >= 0.3 is 0 Å². The minimum atomic E-state index is -0.310. The summed E-state index contributed by atoms with van der Waals surface area (Å²) in [7, 11) is 1.58. The number of ether oxygens (including phenoxy) is 1. The molecular weight excluding hydrogens is 454 g/mol. The van der Waals surface area contributed by atoms with E-state index in [9.17, 15) is 9.90 Å². The number of aliphatic hydroxyl groups is 1. The number of hydrogen-bond donors (Lipinski definition) is 2. The van der Waals surface area contributed by atoms with Crippen LogP contribution in [0.3, 0.4) is 0 Å². The van der Waals surface area contributed by atoms with Crippen molar-refractivity contribution in [2.24, 2.45) is 0 Å². The van der Waals surface area contributed by atoms with Crippen molar-refractivity contribution in [1.82, 2.24) is 19.3 Å². The Kier molecular flexibility index (Phi) is 6.08. The van der Waals surface area contributed by atoms with E-state index in [-0.39, 0.29) is 12.0 Å². The Hall–Kier alpha value is -3.62. The van der Waals surface area contributed by atoms with Gasteiger partial charge in [-0.05, 0) is 55.3 Å². The van der Waals surface area contributed by atoms with Gasteiger partial charge in [0.15, 0.2) is 11.5 Å². The van der Waals surface area contributed by atoms with Gasteiger partial charge in [-0.25, -0.2) is 9.97 Å². The van der Waals surface area contributed by atoms with Crippen LogP contribution >= 0.6 is 11.6 Å². The van der Waals surface area contributed by atoms with E-state index in [1.54, 1.807) is 36.5 Å². The fourth-order valence-electron chi connectivity index (χ4n) is 4.13. The highest BCUT2D eigenvalue weighted by Crippen LogP contribution is 2.31. The molecule has 174 valence electrons. The summed E-state index contributed by atoms with van der Waals surface area (Å²) in [6, 6.07) is 12.9. The minimum absolute atomic E-state index is 0.0188. The van der Waals surface area contributed by atoms with E-state index in [0.29, 0.717) is 53.7 Å². The molecule has 0 spiro atoms. The maximum Gasteiger partial charge on any atom is 0.253 e. The molecule has 5 rings (SSSR count). The molecule has 4 aromatic rings. The van der Waals surface area contributed by atoms with Crippen molar-refractivity contribution in [2.75, 3.05) is 25.5 Å². The van der Waals surface area contributed by atoms with E-state index < -0.39 is 0 Å². The van der Waals surface area contributed by atoms with Crippen molar-refractivity contribution in [3.8, 4) is 17.0 Å². The third-order valence-corrected chi connectivity index (χ3v) is 6.32. The Morgan fingerprint density at radius 3 is 2.62 bits per heavy atom. The van der Waals surface area contributed by atoms with Crippen LogP contribution < -0.4 is 10.1 Å². The Balaban J connectivity index is 1.36. The normalized spacial score (nSPS) is 14.4. The van der Waals surface area contributed by atoms with Crippen LogP contribution in [-0.2, 0) is 0 Å². The molecule has 8 nitrogen and oxygen atoms in total. The number of anilines is 2. The molecule has 1 fully saturated rings. The van der Waals surface area contributed by atoms with Crippen LogP contribution in [0.1, 0.15) is 23.2 Å². The first kappa shape index (κ1) is 22.2. The average molecular weight is 478 g/mol. The van der Waals surface area contributed by atoms with Gasteiger partial charge < -0.3 is 20.1 Å². The zero-order valence-corrected chi connectivity index (χ0v) is 19.4. The number of aliphatic hydroxyl groups excluding tert-OH is 1. The highest BCUT2D eigenvalue weighted by atomic mass is 35.5. The van der Waals surface area contributed by atoms with E-state index >= 15 is 0 Å². The molecule has 2 N–H and O–H groups in total. The molecule has 0 bridgehead atoms. The lowest BCUT2D eigenvalue weighted by molar-refractivity contribution is 0.0546. The highest BCUT2D eigenvalue weighted by Gasteiger charge is 2.22. The summed E-state index contributed by atoms with van der Waals surface area (Å²) in [5.41, 5.74) is 3.86. The number of likely N-dealkylation sites (tertiary alicyclic amines) is 1. The van der Waals surface area contributed by atoms with Gasteiger partial charge in [0.2, 0.25) is 0 Å². The first-order chi connectivity index (χ1) is 16.5. The standard InChI is InChI=1S/C25H24ClN5O3/c1-34-22-7-4-17(14-20(22)26)21-15-28-24-23(27-10-13-31(21)24)29-18-5-2-16(3-6-18)25(33)30-11-8-19(32)9-12-30/h2-7,10,13-15,19,32H,8-9,11-12H2,1H3,(H,27,29). The van der Waals surface area contributed by atoms with Gasteiger partial charge in [0.1, 0.15) is 5.75 Å². The minimum Gasteiger partial charge on any atom is -0.495 e. The molecule has 0 radical (unpaired) electrons. The predicted molar refractivity (Wildman–Crippen MR) is 131 cm³/mol.